The highest BCUT2D eigenvalue weighted by Crippen LogP contribution is 2.19. The average molecular weight is 265 g/mol. The minimum absolute atomic E-state index is 0.213. The number of hydrogen-bond donors (Lipinski definition) is 1. The van der Waals surface area contributed by atoms with Crippen LogP contribution in [-0.2, 0) is 6.54 Å². The fraction of sp³-hybridized carbons (Fsp3) is 0.800. The number of likely N-dealkylation sites (tertiary alicyclic amines) is 1. The van der Waals surface area contributed by atoms with E-state index in [1.165, 1.54) is 19.4 Å². The molecule has 0 aliphatic carbocycles. The quantitative estimate of drug-likeness (QED) is 0.908. The van der Waals surface area contributed by atoms with Crippen LogP contribution in [0.3, 0.4) is 0 Å². The molecule has 0 spiro atoms. The van der Waals surface area contributed by atoms with E-state index in [-0.39, 0.29) is 5.54 Å². The Kier molecular flexibility index (Phi) is 4.63. The molecule has 19 heavy (non-hydrogen) atoms. The van der Waals surface area contributed by atoms with Crippen molar-refractivity contribution in [2.45, 2.75) is 52.6 Å². The zero-order valence-corrected chi connectivity index (χ0v) is 12.7. The minimum Gasteiger partial charge on any atom is -0.360 e. The normalized spacial score (nSPS) is 21.8. The third kappa shape index (κ3) is 4.96. The zero-order chi connectivity index (χ0) is 13.9. The van der Waals surface area contributed by atoms with Crippen LogP contribution in [0.25, 0.3) is 0 Å². The first-order valence-electron chi connectivity index (χ1n) is 7.32. The summed E-state index contributed by atoms with van der Waals surface area (Å²) in [6.07, 6.45) is 2.61. The van der Waals surface area contributed by atoms with Crippen LogP contribution in [0.4, 0.5) is 0 Å². The largest absolute Gasteiger partial charge is 0.360 e. The van der Waals surface area contributed by atoms with Crippen molar-refractivity contribution in [1.29, 1.82) is 0 Å². The van der Waals surface area contributed by atoms with Gasteiger partial charge in [0.15, 0.2) is 5.76 Å². The van der Waals surface area contributed by atoms with Crippen LogP contribution >= 0.6 is 0 Å². The number of hydrogen-bond acceptors (Lipinski definition) is 4. The van der Waals surface area contributed by atoms with Gasteiger partial charge in [0, 0.05) is 18.2 Å². The van der Waals surface area contributed by atoms with Crippen LogP contribution in [0.1, 0.15) is 45.1 Å². The molecule has 108 valence electrons. The van der Waals surface area contributed by atoms with Crippen LogP contribution in [0.2, 0.25) is 0 Å². The van der Waals surface area contributed by atoms with Gasteiger partial charge in [-0.25, -0.2) is 0 Å². The number of nitrogens with one attached hydrogen (secondary N) is 1. The Labute approximate surface area is 116 Å². The molecule has 1 N–H and O–H groups in total. The monoisotopic (exact) mass is 265 g/mol. The Morgan fingerprint density at radius 2 is 2.26 bits per heavy atom. The Morgan fingerprint density at radius 3 is 2.89 bits per heavy atom. The van der Waals surface area contributed by atoms with Crippen molar-refractivity contribution < 1.29 is 4.52 Å². The van der Waals surface area contributed by atoms with Gasteiger partial charge in [-0.1, -0.05) is 5.16 Å². The minimum atomic E-state index is 0.213. The number of nitrogens with zero attached hydrogens (tertiary/aromatic N) is 2. The third-order valence-corrected chi connectivity index (χ3v) is 3.58. The van der Waals surface area contributed by atoms with Gasteiger partial charge >= 0.3 is 0 Å². The van der Waals surface area contributed by atoms with Gasteiger partial charge in [0.2, 0.25) is 0 Å². The highest BCUT2D eigenvalue weighted by molar-refractivity contribution is 5.03. The summed E-state index contributed by atoms with van der Waals surface area (Å²) in [5, 5.41) is 7.57. The molecule has 0 amide bonds. The Morgan fingerprint density at radius 1 is 1.47 bits per heavy atom. The molecular formula is C15H27N3O. The molecule has 2 heterocycles. The van der Waals surface area contributed by atoms with Crippen LogP contribution < -0.4 is 5.32 Å². The van der Waals surface area contributed by atoms with Crippen LogP contribution in [-0.4, -0.2) is 35.2 Å². The lowest BCUT2D eigenvalue weighted by atomic mass is 9.96. The van der Waals surface area contributed by atoms with Gasteiger partial charge in [0.25, 0.3) is 0 Å². The molecule has 1 aromatic heterocycles. The first-order valence-corrected chi connectivity index (χ1v) is 7.32. The summed E-state index contributed by atoms with van der Waals surface area (Å²) in [6, 6.07) is 2.04. The lowest BCUT2D eigenvalue weighted by Crippen LogP contribution is -2.44. The number of aromatic nitrogens is 1. The lowest BCUT2D eigenvalue weighted by Gasteiger charge is -2.34. The SMILES string of the molecule is Cc1cc(CN2CCCC(CNC(C)(C)C)C2)on1. The molecule has 0 bridgehead atoms. The molecule has 0 radical (unpaired) electrons. The van der Waals surface area contributed by atoms with Crippen molar-refractivity contribution in [3.05, 3.63) is 17.5 Å². The summed E-state index contributed by atoms with van der Waals surface area (Å²) in [5.41, 5.74) is 1.18. The number of aryl methyl sites for hydroxylation is 1. The molecule has 1 aliphatic rings. The smallest absolute Gasteiger partial charge is 0.150 e. The zero-order valence-electron chi connectivity index (χ0n) is 12.7. The van der Waals surface area contributed by atoms with Gasteiger partial charge < -0.3 is 9.84 Å². The molecule has 1 aromatic rings. The second-order valence-electron chi connectivity index (χ2n) is 6.81. The maximum absolute atomic E-state index is 5.31. The molecule has 2 rings (SSSR count). The fourth-order valence-electron chi connectivity index (χ4n) is 2.62. The van der Waals surface area contributed by atoms with Gasteiger partial charge in [-0.15, -0.1) is 0 Å². The molecule has 0 saturated carbocycles. The summed E-state index contributed by atoms with van der Waals surface area (Å²) in [7, 11) is 0. The molecule has 1 saturated heterocycles. The fourth-order valence-corrected chi connectivity index (χ4v) is 2.62. The van der Waals surface area contributed by atoms with Crippen molar-refractivity contribution in [1.82, 2.24) is 15.4 Å². The van der Waals surface area contributed by atoms with Crippen molar-refractivity contribution in [3.63, 3.8) is 0 Å². The Bertz CT molecular complexity index is 394. The van der Waals surface area contributed by atoms with Crippen molar-refractivity contribution in [3.8, 4) is 0 Å². The van der Waals surface area contributed by atoms with Crippen molar-refractivity contribution >= 4 is 0 Å². The lowest BCUT2D eigenvalue weighted by molar-refractivity contribution is 0.146. The van der Waals surface area contributed by atoms with Gasteiger partial charge in [-0.3, -0.25) is 4.90 Å². The topological polar surface area (TPSA) is 41.3 Å². The highest BCUT2D eigenvalue weighted by atomic mass is 16.5. The van der Waals surface area contributed by atoms with E-state index in [2.05, 4.69) is 36.1 Å². The van der Waals surface area contributed by atoms with E-state index in [0.29, 0.717) is 0 Å². The van der Waals surface area contributed by atoms with E-state index in [4.69, 9.17) is 4.52 Å². The van der Waals surface area contributed by atoms with E-state index in [1.807, 2.05) is 13.0 Å². The summed E-state index contributed by atoms with van der Waals surface area (Å²) in [6.45, 7) is 13.0. The summed E-state index contributed by atoms with van der Waals surface area (Å²) in [5.74, 6) is 1.74. The van der Waals surface area contributed by atoms with E-state index >= 15 is 0 Å². The molecule has 4 heteroatoms. The maximum atomic E-state index is 5.31. The highest BCUT2D eigenvalue weighted by Gasteiger charge is 2.22. The second kappa shape index (κ2) is 6.06. The predicted molar refractivity (Wildman–Crippen MR) is 77.0 cm³/mol. The van der Waals surface area contributed by atoms with Crippen molar-refractivity contribution in [2.75, 3.05) is 19.6 Å². The molecule has 4 nitrogen and oxygen atoms in total. The van der Waals surface area contributed by atoms with E-state index in [1.54, 1.807) is 0 Å². The van der Waals surface area contributed by atoms with Gasteiger partial charge in [-0.2, -0.15) is 0 Å². The standard InChI is InChI=1S/C15H27N3O/c1-12-8-14(19-17-12)11-18-7-5-6-13(10-18)9-16-15(2,3)4/h8,13,16H,5-7,9-11H2,1-4H3. The molecule has 1 atom stereocenters. The van der Waals surface area contributed by atoms with E-state index in [0.717, 1.165) is 37.0 Å². The van der Waals surface area contributed by atoms with Gasteiger partial charge in [0.1, 0.15) is 0 Å². The summed E-state index contributed by atoms with van der Waals surface area (Å²) >= 11 is 0. The predicted octanol–water partition coefficient (Wildman–Crippen LogP) is 2.58. The van der Waals surface area contributed by atoms with Crippen molar-refractivity contribution in [2.24, 2.45) is 5.92 Å². The van der Waals surface area contributed by atoms with Gasteiger partial charge in [-0.05, 0) is 59.5 Å². The summed E-state index contributed by atoms with van der Waals surface area (Å²) in [4.78, 5) is 2.48. The number of piperidine rings is 1. The molecular weight excluding hydrogens is 238 g/mol. The van der Waals surface area contributed by atoms with E-state index in [9.17, 15) is 0 Å². The summed E-state index contributed by atoms with van der Waals surface area (Å²) < 4.78 is 5.31. The first-order chi connectivity index (χ1) is 8.92. The molecule has 1 aliphatic heterocycles. The Balaban J connectivity index is 1.80. The second-order valence-corrected chi connectivity index (χ2v) is 6.81. The molecule has 1 fully saturated rings. The Hall–Kier alpha value is -0.870. The van der Waals surface area contributed by atoms with Crippen LogP contribution in [0.5, 0.6) is 0 Å². The van der Waals surface area contributed by atoms with Gasteiger partial charge in [0.05, 0.1) is 12.2 Å². The molecule has 0 aromatic carbocycles. The number of rotatable bonds is 4. The van der Waals surface area contributed by atoms with E-state index < -0.39 is 0 Å². The van der Waals surface area contributed by atoms with Crippen LogP contribution in [0, 0.1) is 12.8 Å². The average Bonchev–Trinajstić information content (AvgIpc) is 2.72. The molecule has 1 unspecified atom stereocenters. The maximum Gasteiger partial charge on any atom is 0.150 e. The third-order valence-electron chi connectivity index (χ3n) is 3.58. The van der Waals surface area contributed by atoms with Crippen LogP contribution in [0.15, 0.2) is 10.6 Å². The first kappa shape index (κ1) is 14.5.